The van der Waals surface area contributed by atoms with Crippen LogP contribution < -0.4 is 10.6 Å². The molecular weight excluding hydrogens is 444 g/mol. The van der Waals surface area contributed by atoms with Crippen LogP contribution in [0.2, 0.25) is 0 Å². The van der Waals surface area contributed by atoms with Gasteiger partial charge in [-0.15, -0.1) is 0 Å². The summed E-state index contributed by atoms with van der Waals surface area (Å²) in [7, 11) is 1.67. The van der Waals surface area contributed by atoms with Crippen molar-refractivity contribution in [3.63, 3.8) is 0 Å². The van der Waals surface area contributed by atoms with Crippen LogP contribution in [0, 0.1) is 6.92 Å². The lowest BCUT2D eigenvalue weighted by atomic mass is 9.88. The molecule has 1 amide bonds. The summed E-state index contributed by atoms with van der Waals surface area (Å²) in [5, 5.41) is 1.78. The topological polar surface area (TPSA) is 63.7 Å². The number of aromatic nitrogens is 1. The highest BCUT2D eigenvalue weighted by Crippen LogP contribution is 2.46. The van der Waals surface area contributed by atoms with E-state index in [1.165, 1.54) is 12.0 Å². The van der Waals surface area contributed by atoms with Crippen LogP contribution in [0.5, 0.6) is 5.75 Å². The SMILES string of the molecule is COc1ccc(C2c3c(c4cc(C)ccc4n3N)CC3C(=O)N(C4CCCCC4)C(=S)N32)cc1. The molecule has 1 saturated carbocycles. The number of benzene rings is 2. The quantitative estimate of drug-likeness (QED) is 0.449. The number of nitrogens with zero attached hydrogens (tertiary/aromatic N) is 3. The van der Waals surface area contributed by atoms with E-state index in [2.05, 4.69) is 42.2 Å². The van der Waals surface area contributed by atoms with Crippen LogP contribution in [0.25, 0.3) is 10.9 Å². The van der Waals surface area contributed by atoms with E-state index in [0.717, 1.165) is 59.2 Å². The lowest BCUT2D eigenvalue weighted by molar-refractivity contribution is -0.130. The highest BCUT2D eigenvalue weighted by atomic mass is 32.1. The molecular formula is C27H30N4O2S. The minimum Gasteiger partial charge on any atom is -0.497 e. The van der Waals surface area contributed by atoms with Gasteiger partial charge in [0.25, 0.3) is 5.91 Å². The van der Waals surface area contributed by atoms with Crippen molar-refractivity contribution in [2.24, 2.45) is 0 Å². The molecule has 2 atom stereocenters. The molecule has 1 aliphatic carbocycles. The van der Waals surface area contributed by atoms with Crippen molar-refractivity contribution in [2.75, 3.05) is 13.0 Å². The molecule has 3 aliphatic rings. The number of nitrogen functional groups attached to an aromatic ring is 1. The van der Waals surface area contributed by atoms with Gasteiger partial charge in [0, 0.05) is 17.8 Å². The van der Waals surface area contributed by atoms with Crippen LogP contribution in [0.15, 0.2) is 42.5 Å². The van der Waals surface area contributed by atoms with Gasteiger partial charge in [-0.1, -0.05) is 43.0 Å². The first-order valence-corrected chi connectivity index (χ1v) is 12.6. The Hall–Kier alpha value is -3.06. The van der Waals surface area contributed by atoms with Gasteiger partial charge in [-0.3, -0.25) is 14.4 Å². The predicted octanol–water partition coefficient (Wildman–Crippen LogP) is 4.45. The zero-order valence-corrected chi connectivity index (χ0v) is 20.5. The highest BCUT2D eigenvalue weighted by Gasteiger charge is 2.52. The van der Waals surface area contributed by atoms with Gasteiger partial charge in [-0.05, 0) is 67.4 Å². The average molecular weight is 475 g/mol. The molecule has 2 unspecified atom stereocenters. The van der Waals surface area contributed by atoms with Gasteiger partial charge in [0.15, 0.2) is 5.11 Å². The van der Waals surface area contributed by atoms with E-state index in [-0.39, 0.29) is 24.0 Å². The lowest BCUT2D eigenvalue weighted by Crippen LogP contribution is -2.45. The normalized spacial score (nSPS) is 22.9. The summed E-state index contributed by atoms with van der Waals surface area (Å²) in [6, 6.07) is 14.1. The van der Waals surface area contributed by atoms with E-state index in [1.54, 1.807) is 7.11 Å². The minimum absolute atomic E-state index is 0.145. The smallest absolute Gasteiger partial charge is 0.252 e. The third-order valence-corrected chi connectivity index (χ3v) is 8.30. The molecule has 0 bridgehead atoms. The Morgan fingerprint density at radius 2 is 1.79 bits per heavy atom. The molecule has 2 N–H and O–H groups in total. The van der Waals surface area contributed by atoms with Crippen molar-refractivity contribution in [1.29, 1.82) is 0 Å². The molecule has 1 saturated heterocycles. The van der Waals surface area contributed by atoms with E-state index in [0.29, 0.717) is 11.5 Å². The third kappa shape index (κ3) is 3.06. The zero-order valence-electron chi connectivity index (χ0n) is 19.7. The molecule has 3 heterocycles. The Kier molecular flexibility index (Phi) is 5.06. The van der Waals surface area contributed by atoms with Crippen molar-refractivity contribution in [2.45, 2.75) is 63.6 Å². The summed E-state index contributed by atoms with van der Waals surface area (Å²) in [5.41, 5.74) is 5.39. The largest absolute Gasteiger partial charge is 0.497 e. The van der Waals surface area contributed by atoms with Crippen molar-refractivity contribution in [3.8, 4) is 5.75 Å². The summed E-state index contributed by atoms with van der Waals surface area (Å²) in [4.78, 5) is 18.0. The second-order valence-electron chi connectivity index (χ2n) is 9.84. The van der Waals surface area contributed by atoms with E-state index >= 15 is 0 Å². The number of hydrogen-bond donors (Lipinski definition) is 1. The minimum atomic E-state index is -0.305. The van der Waals surface area contributed by atoms with Crippen LogP contribution >= 0.6 is 12.2 Å². The van der Waals surface area contributed by atoms with Crippen molar-refractivity contribution >= 4 is 34.1 Å². The Morgan fingerprint density at radius 1 is 1.06 bits per heavy atom. The molecule has 7 heteroatoms. The van der Waals surface area contributed by atoms with Crippen molar-refractivity contribution < 1.29 is 9.53 Å². The average Bonchev–Trinajstić information content (AvgIpc) is 3.28. The van der Waals surface area contributed by atoms with Crippen molar-refractivity contribution in [3.05, 3.63) is 64.8 Å². The Balaban J connectivity index is 1.54. The number of carbonyl (C=O) groups excluding carboxylic acids is 1. The summed E-state index contributed by atoms with van der Waals surface area (Å²) in [5.74, 6) is 7.70. The Bertz CT molecular complexity index is 1290. The fraction of sp³-hybridized carbons (Fsp3) is 0.407. The van der Waals surface area contributed by atoms with Gasteiger partial charge in [-0.2, -0.15) is 0 Å². The summed E-state index contributed by atoms with van der Waals surface area (Å²) in [6.07, 6.45) is 6.22. The van der Waals surface area contributed by atoms with E-state index < -0.39 is 0 Å². The predicted molar refractivity (Wildman–Crippen MR) is 137 cm³/mol. The maximum Gasteiger partial charge on any atom is 0.252 e. The van der Waals surface area contributed by atoms with Gasteiger partial charge >= 0.3 is 0 Å². The zero-order chi connectivity index (χ0) is 23.6. The molecule has 34 heavy (non-hydrogen) atoms. The van der Waals surface area contributed by atoms with Gasteiger partial charge in [0.1, 0.15) is 11.8 Å². The highest BCUT2D eigenvalue weighted by molar-refractivity contribution is 7.80. The standard InChI is InChI=1S/C27H30N4O2S/c1-16-8-13-22-20(14-16)21-15-23-26(32)29(18-6-4-3-5-7-18)27(34)30(23)24(25(21)31(22)28)17-9-11-19(33-2)12-10-17/h8-14,18,23-24H,3-7,15,28H2,1-2H3. The number of rotatable bonds is 3. The van der Waals surface area contributed by atoms with Crippen LogP contribution in [-0.4, -0.2) is 44.7 Å². The summed E-state index contributed by atoms with van der Waals surface area (Å²) in [6.45, 7) is 2.09. The van der Waals surface area contributed by atoms with Crippen LogP contribution in [-0.2, 0) is 11.2 Å². The molecule has 1 aromatic heterocycles. The van der Waals surface area contributed by atoms with Crippen molar-refractivity contribution in [1.82, 2.24) is 14.5 Å². The lowest BCUT2D eigenvalue weighted by Gasteiger charge is -2.38. The fourth-order valence-electron chi connectivity index (χ4n) is 6.24. The second kappa shape index (κ2) is 8.01. The number of aryl methyl sites for hydroxylation is 1. The number of fused-ring (bicyclic) bond motifs is 4. The first kappa shape index (κ1) is 21.5. The summed E-state index contributed by atoms with van der Waals surface area (Å²) >= 11 is 6.05. The second-order valence-corrected chi connectivity index (χ2v) is 10.2. The molecule has 176 valence electrons. The number of thiocarbonyl (C=S) groups is 1. The van der Waals surface area contributed by atoms with E-state index in [4.69, 9.17) is 22.8 Å². The number of nitrogens with two attached hydrogens (primary N) is 1. The van der Waals surface area contributed by atoms with Gasteiger partial charge in [0.05, 0.1) is 24.4 Å². The Labute approximate surface area is 205 Å². The number of hydrogen-bond acceptors (Lipinski definition) is 4. The van der Waals surface area contributed by atoms with Crippen LogP contribution in [0.1, 0.15) is 60.5 Å². The van der Waals surface area contributed by atoms with Gasteiger partial charge in [-0.25, -0.2) is 0 Å². The maximum absolute atomic E-state index is 13.9. The third-order valence-electron chi connectivity index (χ3n) is 7.90. The molecule has 6 nitrogen and oxygen atoms in total. The van der Waals surface area contributed by atoms with E-state index in [9.17, 15) is 4.79 Å². The Morgan fingerprint density at radius 3 is 2.50 bits per heavy atom. The number of methoxy groups -OCH3 is 1. The number of ether oxygens (including phenoxy) is 1. The fourth-order valence-corrected chi connectivity index (χ4v) is 6.71. The molecule has 2 fully saturated rings. The molecule has 6 rings (SSSR count). The summed E-state index contributed by atoms with van der Waals surface area (Å²) < 4.78 is 7.21. The number of amides is 1. The molecule has 3 aromatic rings. The van der Waals surface area contributed by atoms with Gasteiger partial charge < -0.3 is 15.5 Å². The molecule has 0 spiro atoms. The van der Waals surface area contributed by atoms with Crippen LogP contribution in [0.3, 0.4) is 0 Å². The first-order valence-electron chi connectivity index (χ1n) is 12.2. The number of carbonyl (C=O) groups is 1. The monoisotopic (exact) mass is 474 g/mol. The molecule has 0 radical (unpaired) electrons. The maximum atomic E-state index is 13.9. The van der Waals surface area contributed by atoms with Crippen LogP contribution in [0.4, 0.5) is 0 Å². The first-order chi connectivity index (χ1) is 16.5. The molecule has 2 aromatic carbocycles. The molecule has 2 aliphatic heterocycles. The van der Waals surface area contributed by atoms with E-state index in [1.807, 2.05) is 21.7 Å². The van der Waals surface area contributed by atoms with Gasteiger partial charge in [0.2, 0.25) is 0 Å².